The molecule has 2 saturated heterocycles. The van der Waals surface area contributed by atoms with Crippen LogP contribution in [0.5, 0.6) is 0 Å². The van der Waals surface area contributed by atoms with Crippen LogP contribution in [0, 0.1) is 0 Å². The summed E-state index contributed by atoms with van der Waals surface area (Å²) in [4.78, 5) is 28.7. The normalized spacial score (nSPS) is 21.4. The second-order valence-corrected chi connectivity index (χ2v) is 7.52. The van der Waals surface area contributed by atoms with E-state index in [1.807, 2.05) is 52.1 Å². The Balaban J connectivity index is 1.30. The lowest BCUT2D eigenvalue weighted by Gasteiger charge is -2.32. The highest BCUT2D eigenvalue weighted by atomic mass is 32.1. The standard InChI is InChI=1S/C20H22N2O3S/c23-19(15-9-13-26-14-15)21-10-6-17(7-11-21)25-18-8-12-22(20(18)24)16-4-2-1-3-5-16/h1-5,9,13-14,17-18H,6-8,10-12H2. The van der Waals surface area contributed by atoms with Gasteiger partial charge in [-0.1, -0.05) is 18.2 Å². The van der Waals surface area contributed by atoms with Crippen molar-refractivity contribution in [1.82, 2.24) is 4.90 Å². The number of piperidine rings is 1. The molecule has 5 nitrogen and oxygen atoms in total. The Morgan fingerprint density at radius 3 is 2.50 bits per heavy atom. The first kappa shape index (κ1) is 17.2. The average molecular weight is 370 g/mol. The highest BCUT2D eigenvalue weighted by Crippen LogP contribution is 2.26. The van der Waals surface area contributed by atoms with Crippen LogP contribution in [-0.4, -0.2) is 48.6 Å². The van der Waals surface area contributed by atoms with E-state index in [1.165, 1.54) is 11.3 Å². The molecule has 0 bridgehead atoms. The molecule has 2 aliphatic heterocycles. The number of nitrogens with zero attached hydrogens (tertiary/aromatic N) is 2. The minimum Gasteiger partial charge on any atom is -0.365 e. The Hall–Kier alpha value is -2.18. The molecule has 6 heteroatoms. The van der Waals surface area contributed by atoms with Crippen molar-refractivity contribution in [3.8, 4) is 0 Å². The van der Waals surface area contributed by atoms with E-state index in [-0.39, 0.29) is 24.0 Å². The Bertz CT molecular complexity index is 755. The molecule has 1 aromatic carbocycles. The predicted octanol–water partition coefficient (Wildman–Crippen LogP) is 3.17. The number of thiophene rings is 1. The van der Waals surface area contributed by atoms with Gasteiger partial charge in [0.05, 0.1) is 11.7 Å². The molecular weight excluding hydrogens is 348 g/mol. The van der Waals surface area contributed by atoms with Gasteiger partial charge in [0.1, 0.15) is 6.10 Å². The Kier molecular flexibility index (Phi) is 5.04. The topological polar surface area (TPSA) is 49.9 Å². The molecule has 0 radical (unpaired) electrons. The van der Waals surface area contributed by atoms with E-state index in [0.29, 0.717) is 19.6 Å². The van der Waals surface area contributed by atoms with E-state index in [4.69, 9.17) is 4.74 Å². The van der Waals surface area contributed by atoms with Gasteiger partial charge in [-0.05, 0) is 36.4 Å². The first-order valence-corrected chi connectivity index (χ1v) is 10.00. The van der Waals surface area contributed by atoms with E-state index in [0.717, 1.165) is 30.5 Å². The van der Waals surface area contributed by atoms with Gasteiger partial charge < -0.3 is 14.5 Å². The lowest BCUT2D eigenvalue weighted by atomic mass is 10.1. The maximum absolute atomic E-state index is 12.6. The average Bonchev–Trinajstić information content (AvgIpc) is 3.34. The molecule has 1 atom stereocenters. The summed E-state index contributed by atoms with van der Waals surface area (Å²) in [6.45, 7) is 2.06. The van der Waals surface area contributed by atoms with Crippen LogP contribution in [-0.2, 0) is 9.53 Å². The van der Waals surface area contributed by atoms with Crippen molar-refractivity contribution in [2.75, 3.05) is 24.5 Å². The molecule has 1 aromatic heterocycles. The Labute approximate surface area is 157 Å². The van der Waals surface area contributed by atoms with Crippen LogP contribution in [0.1, 0.15) is 29.6 Å². The highest BCUT2D eigenvalue weighted by molar-refractivity contribution is 7.08. The quantitative estimate of drug-likeness (QED) is 0.831. The monoisotopic (exact) mass is 370 g/mol. The number of ether oxygens (including phenoxy) is 1. The first-order chi connectivity index (χ1) is 12.7. The van der Waals surface area contributed by atoms with Crippen LogP contribution in [0.4, 0.5) is 5.69 Å². The summed E-state index contributed by atoms with van der Waals surface area (Å²) in [6, 6.07) is 11.6. The van der Waals surface area contributed by atoms with Gasteiger partial charge in [-0.15, -0.1) is 0 Å². The maximum atomic E-state index is 12.6. The number of para-hydroxylation sites is 1. The van der Waals surface area contributed by atoms with Gasteiger partial charge in [-0.2, -0.15) is 11.3 Å². The molecule has 1 unspecified atom stereocenters. The van der Waals surface area contributed by atoms with Crippen molar-refractivity contribution >= 4 is 28.8 Å². The molecule has 0 saturated carbocycles. The SMILES string of the molecule is O=C(c1ccsc1)N1CCC(OC2CCN(c3ccccc3)C2=O)CC1. The zero-order chi connectivity index (χ0) is 17.9. The molecule has 0 N–H and O–H groups in total. The van der Waals surface area contributed by atoms with E-state index in [9.17, 15) is 9.59 Å². The van der Waals surface area contributed by atoms with Gasteiger partial charge in [-0.25, -0.2) is 0 Å². The first-order valence-electron chi connectivity index (χ1n) is 9.06. The summed E-state index contributed by atoms with van der Waals surface area (Å²) in [7, 11) is 0. The van der Waals surface area contributed by atoms with E-state index in [2.05, 4.69) is 0 Å². The van der Waals surface area contributed by atoms with Gasteiger partial charge in [0.2, 0.25) is 0 Å². The number of likely N-dealkylation sites (tertiary alicyclic amines) is 1. The number of hydrogen-bond donors (Lipinski definition) is 0. The van der Waals surface area contributed by atoms with Crippen molar-refractivity contribution in [3.05, 3.63) is 52.7 Å². The van der Waals surface area contributed by atoms with Gasteiger partial charge >= 0.3 is 0 Å². The minimum atomic E-state index is -0.362. The molecule has 0 spiro atoms. The van der Waals surface area contributed by atoms with Gasteiger partial charge in [0.15, 0.2) is 0 Å². The number of benzene rings is 1. The third-order valence-electron chi connectivity index (χ3n) is 5.08. The van der Waals surface area contributed by atoms with E-state index < -0.39 is 0 Å². The molecule has 2 aromatic rings. The molecule has 0 aliphatic carbocycles. The molecular formula is C20H22N2O3S. The molecule has 2 aliphatic rings. The van der Waals surface area contributed by atoms with Crippen molar-refractivity contribution in [1.29, 1.82) is 0 Å². The molecule has 2 amide bonds. The number of amides is 2. The van der Waals surface area contributed by atoms with Gasteiger partial charge in [-0.3, -0.25) is 9.59 Å². The number of hydrogen-bond acceptors (Lipinski definition) is 4. The van der Waals surface area contributed by atoms with Crippen LogP contribution >= 0.6 is 11.3 Å². The fourth-order valence-corrected chi connectivity index (χ4v) is 4.27. The summed E-state index contributed by atoms with van der Waals surface area (Å²) in [6.07, 6.45) is 1.98. The number of carbonyl (C=O) groups is 2. The lowest BCUT2D eigenvalue weighted by Crippen LogP contribution is -2.42. The second-order valence-electron chi connectivity index (χ2n) is 6.74. The van der Waals surface area contributed by atoms with Crippen LogP contribution in [0.25, 0.3) is 0 Å². The Morgan fingerprint density at radius 2 is 1.81 bits per heavy atom. The summed E-state index contributed by atoms with van der Waals surface area (Å²) in [5, 5.41) is 3.81. The zero-order valence-corrected chi connectivity index (χ0v) is 15.4. The highest BCUT2D eigenvalue weighted by Gasteiger charge is 2.36. The largest absolute Gasteiger partial charge is 0.365 e. The third-order valence-corrected chi connectivity index (χ3v) is 5.76. The maximum Gasteiger partial charge on any atom is 0.256 e. The second kappa shape index (κ2) is 7.60. The van der Waals surface area contributed by atoms with Crippen LogP contribution < -0.4 is 4.90 Å². The summed E-state index contributed by atoms with van der Waals surface area (Å²) in [5.41, 5.74) is 1.69. The summed E-state index contributed by atoms with van der Waals surface area (Å²) >= 11 is 1.54. The number of rotatable bonds is 4. The van der Waals surface area contributed by atoms with Crippen molar-refractivity contribution in [3.63, 3.8) is 0 Å². The fourth-order valence-electron chi connectivity index (χ4n) is 3.64. The van der Waals surface area contributed by atoms with Crippen molar-refractivity contribution in [2.24, 2.45) is 0 Å². The molecule has 2 fully saturated rings. The number of anilines is 1. The smallest absolute Gasteiger partial charge is 0.256 e. The van der Waals surface area contributed by atoms with Crippen LogP contribution in [0.2, 0.25) is 0 Å². The van der Waals surface area contributed by atoms with E-state index >= 15 is 0 Å². The molecule has 136 valence electrons. The fraction of sp³-hybridized carbons (Fsp3) is 0.400. The van der Waals surface area contributed by atoms with Crippen molar-refractivity contribution in [2.45, 2.75) is 31.5 Å². The van der Waals surface area contributed by atoms with E-state index in [1.54, 1.807) is 4.90 Å². The summed E-state index contributed by atoms with van der Waals surface area (Å²) < 4.78 is 6.11. The predicted molar refractivity (Wildman–Crippen MR) is 102 cm³/mol. The lowest BCUT2D eigenvalue weighted by molar-refractivity contribution is -0.132. The van der Waals surface area contributed by atoms with Crippen LogP contribution in [0.15, 0.2) is 47.2 Å². The third kappa shape index (κ3) is 3.52. The summed E-state index contributed by atoms with van der Waals surface area (Å²) in [5.74, 6) is 0.143. The van der Waals surface area contributed by atoms with Gasteiger partial charge in [0, 0.05) is 37.1 Å². The number of carbonyl (C=O) groups excluding carboxylic acids is 2. The minimum absolute atomic E-state index is 0.0474. The van der Waals surface area contributed by atoms with Gasteiger partial charge in [0.25, 0.3) is 11.8 Å². The Morgan fingerprint density at radius 1 is 1.04 bits per heavy atom. The van der Waals surface area contributed by atoms with Crippen molar-refractivity contribution < 1.29 is 14.3 Å². The van der Waals surface area contributed by atoms with Crippen LogP contribution in [0.3, 0.4) is 0 Å². The molecule has 4 rings (SSSR count). The zero-order valence-electron chi connectivity index (χ0n) is 14.5. The molecule has 26 heavy (non-hydrogen) atoms. The molecule has 3 heterocycles.